The van der Waals surface area contributed by atoms with Gasteiger partial charge in [-0.15, -0.1) is 0 Å². The Hall–Kier alpha value is -1.97. The average molecular weight is 219 g/mol. The van der Waals surface area contributed by atoms with Crippen LogP contribution in [0.1, 0.15) is 5.56 Å². The van der Waals surface area contributed by atoms with Crippen molar-refractivity contribution in [3.8, 4) is 0 Å². The molecule has 0 saturated heterocycles. The largest absolute Gasteiger partial charge is 0.478 e. The van der Waals surface area contributed by atoms with E-state index < -0.39 is 0 Å². The van der Waals surface area contributed by atoms with Crippen LogP contribution in [0.5, 0.6) is 0 Å². The third kappa shape index (κ3) is 2.34. The van der Waals surface area contributed by atoms with Crippen molar-refractivity contribution in [3.05, 3.63) is 47.9 Å². The van der Waals surface area contributed by atoms with Crippen molar-refractivity contribution in [1.29, 1.82) is 0 Å². The quantitative estimate of drug-likeness (QED) is 0.722. The van der Waals surface area contributed by atoms with Gasteiger partial charge in [0.15, 0.2) is 12.4 Å². The van der Waals surface area contributed by atoms with E-state index in [-0.39, 0.29) is 12.6 Å². The second-order valence-electron chi connectivity index (χ2n) is 3.56. The molecule has 16 heavy (non-hydrogen) atoms. The zero-order chi connectivity index (χ0) is 11.4. The molecule has 0 unspecified atom stereocenters. The first-order valence-electron chi connectivity index (χ1n) is 5.01. The van der Waals surface area contributed by atoms with Crippen molar-refractivity contribution >= 4 is 5.97 Å². The Balaban J connectivity index is 1.89. The van der Waals surface area contributed by atoms with Crippen LogP contribution < -0.4 is 0 Å². The molecule has 1 aliphatic heterocycles. The summed E-state index contributed by atoms with van der Waals surface area (Å²) in [5, 5.41) is 0. The predicted octanol–water partition coefficient (Wildman–Crippen LogP) is 1.49. The molecule has 0 radical (unpaired) electrons. The molecule has 0 aromatic heterocycles. The van der Waals surface area contributed by atoms with Gasteiger partial charge in [0, 0.05) is 7.05 Å². The number of nitrogens with zero attached hydrogens (tertiary/aromatic N) is 1. The molecule has 1 aromatic carbocycles. The van der Waals surface area contributed by atoms with Gasteiger partial charge in [0.25, 0.3) is 0 Å². The highest BCUT2D eigenvalue weighted by Gasteiger charge is 2.20. The van der Waals surface area contributed by atoms with Crippen LogP contribution >= 0.6 is 0 Å². The second-order valence-corrected chi connectivity index (χ2v) is 3.56. The topological polar surface area (TPSA) is 38.8 Å². The number of benzene rings is 1. The van der Waals surface area contributed by atoms with Crippen LogP contribution in [-0.2, 0) is 20.9 Å². The zero-order valence-corrected chi connectivity index (χ0v) is 9.05. The van der Waals surface area contributed by atoms with E-state index in [1.807, 2.05) is 30.3 Å². The van der Waals surface area contributed by atoms with Gasteiger partial charge in [-0.2, -0.15) is 0 Å². The number of hydrogen-bond donors (Lipinski definition) is 0. The summed E-state index contributed by atoms with van der Waals surface area (Å²) in [6.45, 7) is 0.681. The van der Waals surface area contributed by atoms with E-state index in [1.54, 1.807) is 11.9 Å². The third-order valence-corrected chi connectivity index (χ3v) is 2.30. The van der Waals surface area contributed by atoms with Gasteiger partial charge < -0.3 is 14.4 Å². The fourth-order valence-electron chi connectivity index (χ4n) is 1.39. The van der Waals surface area contributed by atoms with Gasteiger partial charge in [-0.05, 0) is 5.56 Å². The lowest BCUT2D eigenvalue weighted by atomic mass is 10.2. The molecule has 4 nitrogen and oxygen atoms in total. The lowest BCUT2D eigenvalue weighted by Gasteiger charge is -2.12. The Bertz CT molecular complexity index is 400. The maximum absolute atomic E-state index is 11.6. The molecule has 2 rings (SSSR count). The van der Waals surface area contributed by atoms with Gasteiger partial charge >= 0.3 is 5.97 Å². The molecule has 1 aromatic rings. The van der Waals surface area contributed by atoms with Crippen LogP contribution in [0.3, 0.4) is 0 Å². The highest BCUT2D eigenvalue weighted by Crippen LogP contribution is 2.12. The van der Waals surface area contributed by atoms with E-state index in [0.29, 0.717) is 12.4 Å². The highest BCUT2D eigenvalue weighted by molar-refractivity contribution is 5.87. The summed E-state index contributed by atoms with van der Waals surface area (Å²) in [5.41, 5.74) is 1.42. The Kier molecular flexibility index (Phi) is 3.10. The van der Waals surface area contributed by atoms with E-state index in [4.69, 9.17) is 9.47 Å². The van der Waals surface area contributed by atoms with Crippen molar-refractivity contribution < 1.29 is 14.3 Å². The summed E-state index contributed by atoms with van der Waals surface area (Å²) in [4.78, 5) is 13.3. The average Bonchev–Trinajstić information content (AvgIpc) is 2.74. The van der Waals surface area contributed by atoms with E-state index in [1.165, 1.54) is 6.26 Å². The highest BCUT2D eigenvalue weighted by atomic mass is 16.5. The Labute approximate surface area is 94.1 Å². The smallest absolute Gasteiger partial charge is 0.358 e. The van der Waals surface area contributed by atoms with Gasteiger partial charge in [-0.3, -0.25) is 0 Å². The number of ether oxygens (including phenoxy) is 2. The lowest BCUT2D eigenvalue weighted by Crippen LogP contribution is -2.21. The Morgan fingerprint density at radius 2 is 2.19 bits per heavy atom. The molecule has 0 saturated carbocycles. The van der Waals surface area contributed by atoms with Gasteiger partial charge in [-0.25, -0.2) is 4.79 Å². The summed E-state index contributed by atoms with van der Waals surface area (Å²) < 4.78 is 10.2. The molecule has 1 heterocycles. The molecule has 0 N–H and O–H groups in total. The van der Waals surface area contributed by atoms with Crippen LogP contribution in [0.15, 0.2) is 42.3 Å². The number of carbonyl (C=O) groups excluding carboxylic acids is 1. The number of rotatable bonds is 3. The summed E-state index contributed by atoms with van der Waals surface area (Å²) >= 11 is 0. The van der Waals surface area contributed by atoms with E-state index >= 15 is 0 Å². The normalized spacial score (nSPS) is 14.3. The van der Waals surface area contributed by atoms with Gasteiger partial charge in [0.05, 0.1) is 0 Å². The minimum absolute atomic E-state index is 0.283. The number of likely N-dealkylation sites (N-methyl/N-ethyl adjacent to an activating group) is 1. The van der Waals surface area contributed by atoms with Crippen molar-refractivity contribution in [3.63, 3.8) is 0 Å². The second kappa shape index (κ2) is 4.70. The standard InChI is InChI=1S/C12H13NO3/c1-13-9-15-8-11(13)12(14)16-7-10-5-3-2-4-6-10/h2-6,8H,7,9H2,1H3. The van der Waals surface area contributed by atoms with Crippen molar-refractivity contribution in [2.45, 2.75) is 6.61 Å². The molecule has 0 fully saturated rings. The number of esters is 1. The molecule has 4 heteroatoms. The van der Waals surface area contributed by atoms with Crippen LogP contribution in [0.4, 0.5) is 0 Å². The van der Waals surface area contributed by atoms with Crippen LogP contribution in [-0.4, -0.2) is 24.6 Å². The number of carbonyl (C=O) groups is 1. The summed E-state index contributed by atoms with van der Waals surface area (Å²) in [6, 6.07) is 9.57. The molecule has 0 aliphatic carbocycles. The van der Waals surface area contributed by atoms with Crippen molar-refractivity contribution in [2.24, 2.45) is 0 Å². The van der Waals surface area contributed by atoms with E-state index in [0.717, 1.165) is 5.56 Å². The molecular formula is C12H13NO3. The lowest BCUT2D eigenvalue weighted by molar-refractivity contribution is -0.141. The molecule has 1 aliphatic rings. The Morgan fingerprint density at radius 3 is 2.81 bits per heavy atom. The Morgan fingerprint density at radius 1 is 1.44 bits per heavy atom. The first-order chi connectivity index (χ1) is 7.77. The van der Waals surface area contributed by atoms with Crippen LogP contribution in [0.2, 0.25) is 0 Å². The maximum Gasteiger partial charge on any atom is 0.358 e. The van der Waals surface area contributed by atoms with Gasteiger partial charge in [0.2, 0.25) is 0 Å². The molecule has 0 bridgehead atoms. The monoisotopic (exact) mass is 219 g/mol. The summed E-state index contributed by atoms with van der Waals surface area (Å²) in [6.07, 6.45) is 1.42. The van der Waals surface area contributed by atoms with E-state index in [2.05, 4.69) is 0 Å². The van der Waals surface area contributed by atoms with Gasteiger partial charge in [-0.1, -0.05) is 30.3 Å². The fourth-order valence-corrected chi connectivity index (χ4v) is 1.39. The fraction of sp³-hybridized carbons (Fsp3) is 0.250. The molecular weight excluding hydrogens is 206 g/mol. The van der Waals surface area contributed by atoms with Crippen LogP contribution in [0, 0.1) is 0 Å². The minimum Gasteiger partial charge on any atom is -0.478 e. The third-order valence-electron chi connectivity index (χ3n) is 2.30. The minimum atomic E-state index is -0.358. The SMILES string of the molecule is CN1COC=C1C(=O)OCc1ccccc1. The maximum atomic E-state index is 11.6. The first-order valence-corrected chi connectivity index (χ1v) is 5.01. The van der Waals surface area contributed by atoms with E-state index in [9.17, 15) is 4.79 Å². The van der Waals surface area contributed by atoms with Gasteiger partial charge in [0.1, 0.15) is 12.9 Å². The first kappa shape index (κ1) is 10.5. The van der Waals surface area contributed by atoms with Crippen molar-refractivity contribution in [1.82, 2.24) is 4.90 Å². The predicted molar refractivity (Wildman–Crippen MR) is 58.0 cm³/mol. The zero-order valence-electron chi connectivity index (χ0n) is 9.05. The molecule has 0 atom stereocenters. The summed E-state index contributed by atoms with van der Waals surface area (Å²) in [5.74, 6) is -0.358. The molecule has 0 spiro atoms. The van der Waals surface area contributed by atoms with Crippen molar-refractivity contribution in [2.75, 3.05) is 13.8 Å². The number of hydrogen-bond acceptors (Lipinski definition) is 4. The summed E-state index contributed by atoms with van der Waals surface area (Å²) in [7, 11) is 1.78. The van der Waals surface area contributed by atoms with Crippen LogP contribution in [0.25, 0.3) is 0 Å². The molecule has 0 amide bonds. The molecule has 84 valence electrons.